The van der Waals surface area contributed by atoms with E-state index in [2.05, 4.69) is 45.2 Å². The summed E-state index contributed by atoms with van der Waals surface area (Å²) in [7, 11) is 0.417. The number of methoxy groups -OCH3 is 1. The Kier molecular flexibility index (Phi) is 9.40. The van der Waals surface area contributed by atoms with E-state index in [1.54, 1.807) is 24.2 Å². The fourth-order valence-corrected chi connectivity index (χ4v) is 6.03. The second-order valence-corrected chi connectivity index (χ2v) is 18.1. The zero-order valence-corrected chi connectivity index (χ0v) is 27.3. The van der Waals surface area contributed by atoms with Gasteiger partial charge in [0.05, 0.1) is 29.4 Å². The number of halogens is 1. The zero-order chi connectivity index (χ0) is 30.6. The molecule has 1 N–H and O–H groups in total. The van der Waals surface area contributed by atoms with Gasteiger partial charge in [-0.15, -0.1) is 5.10 Å². The number of amides is 1. The largest absolute Gasteiger partial charge is 0.496 e. The second-order valence-electron chi connectivity index (χ2n) is 11.1. The molecule has 0 aliphatic rings. The third-order valence-electron chi connectivity index (χ3n) is 6.71. The molecule has 13 heteroatoms. The van der Waals surface area contributed by atoms with Gasteiger partial charge in [0.1, 0.15) is 19.1 Å². The van der Waals surface area contributed by atoms with Gasteiger partial charge in [0, 0.05) is 48.6 Å². The minimum absolute atomic E-state index is 0.220. The van der Waals surface area contributed by atoms with Crippen LogP contribution in [0.25, 0.3) is 22.0 Å². The number of rotatable bonds is 12. The Morgan fingerprint density at radius 3 is 2.70 bits per heavy atom. The highest BCUT2D eigenvalue weighted by Gasteiger charge is 2.19. The lowest BCUT2D eigenvalue weighted by molar-refractivity contribution is 0.0817. The summed E-state index contributed by atoms with van der Waals surface area (Å²) in [5.74, 6) is 0.292. The highest BCUT2D eigenvalue weighted by Crippen LogP contribution is 2.34. The number of carbonyl (C=O) groups excluding carboxylic acids is 1. The number of para-hydroxylation sites is 1. The summed E-state index contributed by atoms with van der Waals surface area (Å²) in [6.07, 6.45) is 3.32. The van der Waals surface area contributed by atoms with E-state index in [1.807, 2.05) is 49.4 Å². The molecule has 0 fully saturated rings. The van der Waals surface area contributed by atoms with Gasteiger partial charge in [-0.25, -0.2) is 4.68 Å². The number of fused-ring (bicyclic) bond motifs is 1. The number of ether oxygens (including phenoxy) is 3. The summed E-state index contributed by atoms with van der Waals surface area (Å²) in [4.78, 5) is 17.6. The van der Waals surface area contributed by atoms with Gasteiger partial charge in [0.25, 0.3) is 11.1 Å². The third kappa shape index (κ3) is 7.39. The Morgan fingerprint density at radius 2 is 1.91 bits per heavy atom. The van der Waals surface area contributed by atoms with E-state index in [-0.39, 0.29) is 12.5 Å². The summed E-state index contributed by atoms with van der Waals surface area (Å²) in [6.45, 7) is 10.1. The van der Waals surface area contributed by atoms with Crippen molar-refractivity contribution in [3.63, 3.8) is 0 Å². The van der Waals surface area contributed by atoms with Crippen molar-refractivity contribution in [3.05, 3.63) is 76.7 Å². The first-order valence-corrected chi connectivity index (χ1v) is 18.6. The molecule has 1 amide bonds. The topological polar surface area (TPSA) is 113 Å². The number of carbonyl (C=O) groups is 1. The predicted octanol–water partition coefficient (Wildman–Crippen LogP) is 7.06. The number of nitrogens with zero attached hydrogens (tertiary/aromatic N) is 5. The van der Waals surface area contributed by atoms with Crippen LogP contribution in [-0.2, 0) is 18.1 Å². The molecule has 2 aromatic carbocycles. The summed E-state index contributed by atoms with van der Waals surface area (Å²) in [5, 5.41) is 17.6. The summed E-state index contributed by atoms with van der Waals surface area (Å²) in [6, 6.07) is 14.2. The van der Waals surface area contributed by atoms with E-state index in [1.165, 1.54) is 0 Å². The van der Waals surface area contributed by atoms with Gasteiger partial charge in [0.15, 0.2) is 0 Å². The number of nitrogens with one attached hydrogen (secondary N) is 1. The van der Waals surface area contributed by atoms with Crippen LogP contribution >= 0.6 is 22.9 Å². The van der Waals surface area contributed by atoms with Crippen LogP contribution in [0.15, 0.2) is 54.9 Å². The molecular formula is C30H33ClN6O4SSi. The number of hydrogen-bond donors (Lipinski definition) is 1. The lowest BCUT2D eigenvalue weighted by Crippen LogP contribution is -2.22. The van der Waals surface area contributed by atoms with Crippen LogP contribution in [-0.4, -0.2) is 52.7 Å². The molecule has 5 rings (SSSR count). The Morgan fingerprint density at radius 1 is 1.09 bits per heavy atom. The van der Waals surface area contributed by atoms with E-state index in [4.69, 9.17) is 25.8 Å². The minimum atomic E-state index is -1.18. The molecule has 5 aromatic rings. The first kappa shape index (κ1) is 30.6. The number of pyridine rings is 1. The third-order valence-corrected chi connectivity index (χ3v) is 9.47. The van der Waals surface area contributed by atoms with Crippen LogP contribution in [0.2, 0.25) is 30.7 Å². The molecule has 3 heterocycles. The van der Waals surface area contributed by atoms with Gasteiger partial charge in [-0.3, -0.25) is 15.1 Å². The van der Waals surface area contributed by atoms with Crippen LogP contribution in [0.3, 0.4) is 0 Å². The van der Waals surface area contributed by atoms with Crippen molar-refractivity contribution in [2.75, 3.05) is 19.0 Å². The quantitative estimate of drug-likeness (QED) is 0.114. The van der Waals surface area contributed by atoms with E-state index in [0.29, 0.717) is 45.6 Å². The number of anilines is 1. The van der Waals surface area contributed by atoms with Gasteiger partial charge in [0.2, 0.25) is 5.13 Å². The van der Waals surface area contributed by atoms with Gasteiger partial charge < -0.3 is 14.2 Å². The molecule has 0 saturated heterocycles. The van der Waals surface area contributed by atoms with Gasteiger partial charge in [-0.1, -0.05) is 60.6 Å². The van der Waals surface area contributed by atoms with Crippen molar-refractivity contribution in [1.82, 2.24) is 25.0 Å². The van der Waals surface area contributed by atoms with Crippen LogP contribution in [0.1, 0.15) is 21.6 Å². The lowest BCUT2D eigenvalue weighted by atomic mass is 9.99. The molecule has 0 saturated carbocycles. The molecule has 224 valence electrons. The molecule has 0 bridgehead atoms. The van der Waals surface area contributed by atoms with Gasteiger partial charge >= 0.3 is 0 Å². The van der Waals surface area contributed by atoms with Crippen LogP contribution < -0.4 is 14.8 Å². The molecule has 0 unspecified atom stereocenters. The minimum Gasteiger partial charge on any atom is -0.496 e. The molecule has 0 aliphatic carbocycles. The zero-order valence-electron chi connectivity index (χ0n) is 24.7. The monoisotopic (exact) mass is 636 g/mol. The van der Waals surface area contributed by atoms with Crippen molar-refractivity contribution in [1.29, 1.82) is 0 Å². The lowest BCUT2D eigenvalue weighted by Gasteiger charge is -2.15. The predicted molar refractivity (Wildman–Crippen MR) is 172 cm³/mol. The molecule has 43 heavy (non-hydrogen) atoms. The molecule has 0 aliphatic heterocycles. The smallest absolute Gasteiger partial charge is 0.296 e. The standard InChI is InChI=1S/C30H33ClN6O4SSi/c1-19-14-22(21-8-6-7-9-26(21)39-2)24(15-32-19)28(38)34-29-35-36-30(42-29)41-17-20-10-11-25(31)27-23(20)16-33-37(27)18-40-12-13-43(3,4)5/h6-11,14-16H,12-13,17-18H2,1-5H3,(H,34,35,38). The molecule has 3 aromatic heterocycles. The highest BCUT2D eigenvalue weighted by molar-refractivity contribution is 7.17. The average molecular weight is 637 g/mol. The van der Waals surface area contributed by atoms with E-state index >= 15 is 0 Å². The molecule has 0 radical (unpaired) electrons. The van der Waals surface area contributed by atoms with Gasteiger partial charge in [-0.2, -0.15) is 5.10 Å². The Bertz CT molecular complexity index is 1750. The van der Waals surface area contributed by atoms with E-state index < -0.39 is 8.07 Å². The SMILES string of the molecule is COc1ccccc1-c1cc(C)ncc1C(=O)Nc1nnc(OCc2ccc(Cl)c3c2cnn3COCC[Si](C)(C)C)s1. The normalized spacial score (nSPS) is 11.6. The number of hydrogen-bond acceptors (Lipinski definition) is 9. The van der Waals surface area contributed by atoms with Crippen LogP contribution in [0.4, 0.5) is 5.13 Å². The van der Waals surface area contributed by atoms with Crippen LogP contribution in [0, 0.1) is 6.92 Å². The molecule has 0 atom stereocenters. The summed E-state index contributed by atoms with van der Waals surface area (Å²) < 4.78 is 19.1. The average Bonchev–Trinajstić information content (AvgIpc) is 3.62. The van der Waals surface area contributed by atoms with Crippen molar-refractivity contribution >= 4 is 53.0 Å². The maximum atomic E-state index is 13.3. The summed E-state index contributed by atoms with van der Waals surface area (Å²) >= 11 is 7.67. The molecule has 10 nitrogen and oxygen atoms in total. The maximum Gasteiger partial charge on any atom is 0.296 e. The van der Waals surface area contributed by atoms with Crippen molar-refractivity contribution < 1.29 is 19.0 Å². The van der Waals surface area contributed by atoms with Crippen LogP contribution in [0.5, 0.6) is 10.9 Å². The van der Waals surface area contributed by atoms with Gasteiger partial charge in [-0.05, 0) is 42.5 Å². The number of aryl methyl sites for hydroxylation is 1. The Labute approximate surface area is 260 Å². The molecule has 0 spiro atoms. The van der Waals surface area contributed by atoms with E-state index in [0.717, 1.165) is 45.1 Å². The molecular weight excluding hydrogens is 604 g/mol. The van der Waals surface area contributed by atoms with E-state index in [9.17, 15) is 4.79 Å². The summed E-state index contributed by atoms with van der Waals surface area (Å²) in [5.41, 5.74) is 4.34. The maximum absolute atomic E-state index is 13.3. The van der Waals surface area contributed by atoms with Crippen molar-refractivity contribution in [3.8, 4) is 22.1 Å². The fraction of sp³-hybridized carbons (Fsp3) is 0.300. The highest BCUT2D eigenvalue weighted by atomic mass is 35.5. The fourth-order valence-electron chi connectivity index (χ4n) is 4.42. The first-order valence-electron chi connectivity index (χ1n) is 13.7. The van der Waals surface area contributed by atoms with Crippen molar-refractivity contribution in [2.45, 2.75) is 45.9 Å². The first-order chi connectivity index (χ1) is 20.6. The Hall–Kier alpha value is -3.84. The number of aromatic nitrogens is 5. The number of benzene rings is 2. The Balaban J connectivity index is 1.26. The van der Waals surface area contributed by atoms with Crippen molar-refractivity contribution in [2.24, 2.45) is 0 Å². The second kappa shape index (κ2) is 13.2.